The summed E-state index contributed by atoms with van der Waals surface area (Å²) in [5.74, 6) is 0.0853. The van der Waals surface area contributed by atoms with Crippen LogP contribution in [0.25, 0.3) is 0 Å². The minimum atomic E-state index is 0.0828. The van der Waals surface area contributed by atoms with Gasteiger partial charge >= 0.3 is 0 Å². The Hall–Kier alpha value is -2.63. The van der Waals surface area contributed by atoms with Gasteiger partial charge in [-0.1, -0.05) is 30.3 Å². The number of nitrogen functional groups attached to an aromatic ring is 1. The number of hydrogen-bond acceptors (Lipinski definition) is 4. The minimum Gasteiger partial charge on any atom is -0.399 e. The van der Waals surface area contributed by atoms with E-state index in [1.54, 1.807) is 0 Å². The zero-order valence-electron chi connectivity index (χ0n) is 20.0. The Morgan fingerprint density at radius 3 is 2.38 bits per heavy atom. The van der Waals surface area contributed by atoms with Crippen molar-refractivity contribution in [2.75, 3.05) is 38.5 Å². The number of piperazine rings is 1. The van der Waals surface area contributed by atoms with Gasteiger partial charge in [0.2, 0.25) is 0 Å². The van der Waals surface area contributed by atoms with Crippen LogP contribution in [0.3, 0.4) is 0 Å². The molecule has 1 heterocycles. The van der Waals surface area contributed by atoms with E-state index in [1.165, 1.54) is 11.1 Å². The summed E-state index contributed by atoms with van der Waals surface area (Å²) >= 11 is 0. The van der Waals surface area contributed by atoms with Crippen molar-refractivity contribution in [2.24, 2.45) is 0 Å². The van der Waals surface area contributed by atoms with E-state index in [2.05, 4.69) is 54.5 Å². The quantitative estimate of drug-likeness (QED) is 0.494. The molecule has 3 atom stereocenters. The lowest BCUT2D eigenvalue weighted by Crippen LogP contribution is -2.57. The molecule has 0 radical (unpaired) electrons. The van der Waals surface area contributed by atoms with Gasteiger partial charge in [-0.2, -0.15) is 0 Å². The van der Waals surface area contributed by atoms with Crippen LogP contribution in [0.5, 0.6) is 0 Å². The minimum absolute atomic E-state index is 0.0828. The molecule has 0 saturated carbocycles. The van der Waals surface area contributed by atoms with Crippen molar-refractivity contribution in [3.63, 3.8) is 0 Å². The van der Waals surface area contributed by atoms with E-state index < -0.39 is 0 Å². The van der Waals surface area contributed by atoms with Gasteiger partial charge in [0.25, 0.3) is 5.91 Å². The van der Waals surface area contributed by atoms with Crippen LogP contribution in [0.4, 0.5) is 5.69 Å². The van der Waals surface area contributed by atoms with Crippen LogP contribution < -0.4 is 5.73 Å². The van der Waals surface area contributed by atoms with Gasteiger partial charge in [0.1, 0.15) is 0 Å². The van der Waals surface area contributed by atoms with Crippen molar-refractivity contribution in [3.8, 4) is 0 Å². The summed E-state index contributed by atoms with van der Waals surface area (Å²) in [6.45, 7) is 16.8. The Morgan fingerprint density at radius 1 is 1.09 bits per heavy atom. The van der Waals surface area contributed by atoms with Crippen LogP contribution in [0.15, 0.2) is 61.2 Å². The predicted octanol–water partition coefficient (Wildman–Crippen LogP) is 4.42. The van der Waals surface area contributed by atoms with Crippen LogP contribution >= 0.6 is 0 Å². The third-order valence-electron chi connectivity index (χ3n) is 6.61. The second-order valence-corrected chi connectivity index (χ2v) is 8.81. The molecule has 0 aromatic heterocycles. The van der Waals surface area contributed by atoms with E-state index in [9.17, 15) is 4.79 Å². The van der Waals surface area contributed by atoms with Crippen LogP contribution in [0.2, 0.25) is 0 Å². The van der Waals surface area contributed by atoms with Gasteiger partial charge in [-0.25, -0.2) is 0 Å². The summed E-state index contributed by atoms with van der Waals surface area (Å²) in [5, 5.41) is 0. The van der Waals surface area contributed by atoms with E-state index >= 15 is 0 Å². The summed E-state index contributed by atoms with van der Waals surface area (Å²) in [7, 11) is 0. The molecule has 1 saturated heterocycles. The molecule has 1 unspecified atom stereocenters. The fraction of sp³-hybridized carbons (Fsp3) is 0.444. The highest BCUT2D eigenvalue weighted by Crippen LogP contribution is 2.34. The molecule has 32 heavy (non-hydrogen) atoms. The molecule has 1 amide bonds. The van der Waals surface area contributed by atoms with Crippen LogP contribution in [0, 0.1) is 0 Å². The molecule has 3 rings (SSSR count). The molecule has 2 aromatic rings. The highest BCUT2D eigenvalue weighted by molar-refractivity contribution is 5.94. The Kier molecular flexibility index (Phi) is 8.10. The summed E-state index contributed by atoms with van der Waals surface area (Å²) < 4.78 is 0. The molecule has 2 aromatic carbocycles. The maximum Gasteiger partial charge on any atom is 0.253 e. The zero-order valence-corrected chi connectivity index (χ0v) is 20.0. The highest BCUT2D eigenvalue weighted by atomic mass is 16.2. The molecule has 2 N–H and O–H groups in total. The highest BCUT2D eigenvalue weighted by Gasteiger charge is 2.34. The standard InChI is InChI=1S/C27H38N4O/c1-6-16-30-18-21(5)31(19-20(30)4)26(24-10-9-11-25(28)17-24)22-12-14-23(15-13-22)27(32)29(7-2)8-3/h6,9-15,17,20-21,26H,1,7-8,16,18-19,28H2,2-5H3/t20-,21+,26?/m0/s1. The summed E-state index contributed by atoms with van der Waals surface area (Å²) in [6.07, 6.45) is 1.99. The average Bonchev–Trinajstić information content (AvgIpc) is 2.78. The van der Waals surface area contributed by atoms with Crippen LogP contribution in [-0.4, -0.2) is 65.4 Å². The van der Waals surface area contributed by atoms with Crippen LogP contribution in [-0.2, 0) is 0 Å². The van der Waals surface area contributed by atoms with Gasteiger partial charge in [0.05, 0.1) is 6.04 Å². The third-order valence-corrected chi connectivity index (χ3v) is 6.61. The van der Waals surface area contributed by atoms with E-state index in [4.69, 9.17) is 5.73 Å². The van der Waals surface area contributed by atoms with Crippen molar-refractivity contribution >= 4 is 11.6 Å². The van der Waals surface area contributed by atoms with Gasteiger partial charge in [0.15, 0.2) is 0 Å². The lowest BCUT2D eigenvalue weighted by atomic mass is 9.92. The first-order valence-electron chi connectivity index (χ1n) is 11.7. The number of hydrogen-bond donors (Lipinski definition) is 1. The van der Waals surface area contributed by atoms with Gasteiger partial charge in [-0.15, -0.1) is 6.58 Å². The fourth-order valence-corrected chi connectivity index (χ4v) is 4.81. The molecule has 0 aliphatic carbocycles. The van der Waals surface area contributed by atoms with Gasteiger partial charge < -0.3 is 10.6 Å². The van der Waals surface area contributed by atoms with Crippen molar-refractivity contribution in [1.82, 2.24) is 14.7 Å². The molecule has 172 valence electrons. The number of rotatable bonds is 8. The molecule has 1 aliphatic heterocycles. The van der Waals surface area contributed by atoms with Gasteiger partial charge in [-0.05, 0) is 63.1 Å². The van der Waals surface area contributed by atoms with Crippen molar-refractivity contribution in [3.05, 3.63) is 77.9 Å². The van der Waals surface area contributed by atoms with Crippen molar-refractivity contribution < 1.29 is 4.79 Å². The molecule has 1 fully saturated rings. The van der Waals surface area contributed by atoms with Gasteiger partial charge in [-0.3, -0.25) is 14.6 Å². The second-order valence-electron chi connectivity index (χ2n) is 8.81. The Bertz CT molecular complexity index is 906. The smallest absolute Gasteiger partial charge is 0.253 e. The molecule has 5 heteroatoms. The Morgan fingerprint density at radius 2 is 1.78 bits per heavy atom. The average molecular weight is 435 g/mol. The summed E-state index contributed by atoms with van der Waals surface area (Å²) in [6, 6.07) is 17.2. The molecular weight excluding hydrogens is 396 g/mol. The van der Waals surface area contributed by atoms with Crippen molar-refractivity contribution in [1.29, 1.82) is 0 Å². The van der Waals surface area contributed by atoms with Gasteiger partial charge in [0, 0.05) is 56.1 Å². The Labute approximate surface area is 193 Å². The number of nitrogens with two attached hydrogens (primary N) is 1. The first-order chi connectivity index (χ1) is 15.4. The molecule has 5 nitrogen and oxygen atoms in total. The maximum atomic E-state index is 12.8. The second kappa shape index (κ2) is 10.8. The van der Waals surface area contributed by atoms with E-state index in [-0.39, 0.29) is 11.9 Å². The lowest BCUT2D eigenvalue weighted by Gasteiger charge is -2.47. The Balaban J connectivity index is 1.96. The van der Waals surface area contributed by atoms with Crippen LogP contribution in [0.1, 0.15) is 55.2 Å². The SMILES string of the molecule is C=CCN1C[C@@H](C)N(C(c2ccc(C(=O)N(CC)CC)cc2)c2cccc(N)c2)C[C@@H]1C. The molecule has 0 spiro atoms. The number of amides is 1. The van der Waals surface area contributed by atoms with Crippen molar-refractivity contribution in [2.45, 2.75) is 45.8 Å². The zero-order chi connectivity index (χ0) is 23.3. The molecule has 0 bridgehead atoms. The topological polar surface area (TPSA) is 52.8 Å². The third kappa shape index (κ3) is 5.22. The molecular formula is C27H38N4O. The number of carbonyl (C=O) groups is 1. The fourth-order valence-electron chi connectivity index (χ4n) is 4.81. The normalized spacial score (nSPS) is 20.6. The number of carbonyl (C=O) groups excluding carboxylic acids is 1. The number of anilines is 1. The first-order valence-corrected chi connectivity index (χ1v) is 11.7. The van der Waals surface area contributed by atoms with E-state index in [0.717, 1.165) is 30.9 Å². The monoisotopic (exact) mass is 434 g/mol. The maximum absolute atomic E-state index is 12.8. The van der Waals surface area contributed by atoms with E-state index in [0.29, 0.717) is 25.2 Å². The lowest BCUT2D eigenvalue weighted by molar-refractivity contribution is 0.0307. The van der Waals surface area contributed by atoms with E-state index in [1.807, 2.05) is 49.1 Å². The first kappa shape index (κ1) is 24.0. The summed E-state index contributed by atoms with van der Waals surface area (Å²) in [5.41, 5.74) is 10.0. The summed E-state index contributed by atoms with van der Waals surface area (Å²) in [4.78, 5) is 19.7. The predicted molar refractivity (Wildman–Crippen MR) is 134 cm³/mol. The number of benzene rings is 2. The molecule has 1 aliphatic rings. The largest absolute Gasteiger partial charge is 0.399 e. The number of nitrogens with zero attached hydrogens (tertiary/aromatic N) is 3.